The molecule has 0 heterocycles. The van der Waals surface area contributed by atoms with Crippen molar-refractivity contribution in [3.63, 3.8) is 0 Å². The number of primary amides is 1. The molecule has 0 aliphatic heterocycles. The van der Waals surface area contributed by atoms with Gasteiger partial charge in [0.25, 0.3) is 0 Å². The first-order chi connectivity index (χ1) is 13.0. The number of benzene rings is 2. The number of rotatable bonds is 6. The largest absolute Gasteiger partial charge is 0.396 e. The topological polar surface area (TPSA) is 95.7 Å². The number of hydrogen-bond acceptors (Lipinski definition) is 3. The van der Waals surface area contributed by atoms with E-state index in [0.29, 0.717) is 24.2 Å². The third-order valence-electron chi connectivity index (χ3n) is 4.91. The molecule has 3 rings (SSSR count). The third-order valence-corrected chi connectivity index (χ3v) is 4.91. The highest BCUT2D eigenvalue weighted by Crippen LogP contribution is 2.36. The number of aliphatic hydroxyl groups excluding tert-OH is 1. The molecule has 6 nitrogen and oxygen atoms in total. The zero-order valence-electron chi connectivity index (χ0n) is 15.4. The Labute approximate surface area is 159 Å². The van der Waals surface area contributed by atoms with E-state index in [0.717, 1.165) is 24.0 Å². The van der Waals surface area contributed by atoms with Crippen LogP contribution in [0.15, 0.2) is 42.5 Å². The molecule has 1 atom stereocenters. The first-order valence-corrected chi connectivity index (χ1v) is 9.17. The van der Waals surface area contributed by atoms with Gasteiger partial charge in [0.05, 0.1) is 6.04 Å². The van der Waals surface area contributed by atoms with Crippen LogP contribution >= 0.6 is 0 Å². The number of hydrogen-bond donors (Lipinski definition) is 3. The normalized spacial score (nSPS) is 15.3. The number of anilines is 1. The van der Waals surface area contributed by atoms with Gasteiger partial charge in [0.1, 0.15) is 0 Å². The molecule has 0 saturated heterocycles. The summed E-state index contributed by atoms with van der Waals surface area (Å²) in [4.78, 5) is 26.3. The average Bonchev–Trinajstić information content (AvgIpc) is 3.05. The van der Waals surface area contributed by atoms with Crippen LogP contribution in [0.2, 0.25) is 0 Å². The molecule has 0 radical (unpaired) electrons. The van der Waals surface area contributed by atoms with Gasteiger partial charge in [0, 0.05) is 24.4 Å². The Balaban J connectivity index is 1.84. The van der Waals surface area contributed by atoms with E-state index >= 15 is 0 Å². The van der Waals surface area contributed by atoms with Gasteiger partial charge in [-0.2, -0.15) is 0 Å². The number of aryl methyl sites for hydroxylation is 2. The molecule has 6 heteroatoms. The Kier molecular flexibility index (Phi) is 5.76. The molecule has 1 aliphatic carbocycles. The Morgan fingerprint density at radius 2 is 2.04 bits per heavy atom. The van der Waals surface area contributed by atoms with E-state index < -0.39 is 5.91 Å². The van der Waals surface area contributed by atoms with Crippen LogP contribution in [0.25, 0.3) is 0 Å². The third kappa shape index (κ3) is 4.28. The average molecular weight is 367 g/mol. The van der Waals surface area contributed by atoms with Gasteiger partial charge in [-0.1, -0.05) is 24.3 Å². The fourth-order valence-electron chi connectivity index (χ4n) is 3.69. The zero-order valence-corrected chi connectivity index (χ0v) is 15.4. The van der Waals surface area contributed by atoms with Crippen molar-refractivity contribution in [2.24, 2.45) is 5.73 Å². The lowest BCUT2D eigenvalue weighted by atomic mass is 10.1. The Hall–Kier alpha value is -2.86. The molecule has 142 valence electrons. The van der Waals surface area contributed by atoms with E-state index in [1.165, 1.54) is 5.56 Å². The number of aliphatic hydroxyl groups is 1. The van der Waals surface area contributed by atoms with Crippen molar-refractivity contribution >= 4 is 17.6 Å². The van der Waals surface area contributed by atoms with Crippen molar-refractivity contribution in [3.8, 4) is 0 Å². The van der Waals surface area contributed by atoms with Crippen molar-refractivity contribution in [1.82, 2.24) is 4.90 Å². The van der Waals surface area contributed by atoms with Crippen LogP contribution in [-0.4, -0.2) is 35.1 Å². The van der Waals surface area contributed by atoms with Gasteiger partial charge in [-0.3, -0.25) is 4.79 Å². The van der Waals surface area contributed by atoms with Crippen LogP contribution in [0.4, 0.5) is 10.5 Å². The Morgan fingerprint density at radius 1 is 1.26 bits per heavy atom. The molecule has 2 aromatic carbocycles. The molecule has 0 fully saturated rings. The van der Waals surface area contributed by atoms with Gasteiger partial charge in [-0.05, 0) is 61.1 Å². The minimum atomic E-state index is -0.531. The summed E-state index contributed by atoms with van der Waals surface area (Å²) >= 11 is 0. The molecule has 1 unspecified atom stereocenters. The van der Waals surface area contributed by atoms with E-state index in [1.807, 2.05) is 19.1 Å². The van der Waals surface area contributed by atoms with Crippen molar-refractivity contribution < 1.29 is 14.7 Å². The van der Waals surface area contributed by atoms with Gasteiger partial charge in [0.2, 0.25) is 5.91 Å². The van der Waals surface area contributed by atoms with E-state index in [-0.39, 0.29) is 18.7 Å². The molecule has 0 bridgehead atoms. The number of fused-ring (bicyclic) bond motifs is 1. The standard InChI is InChI=1S/C21H25N3O3/c1-14-11-16(20(22)26)13-17(12-14)23-21(27)24(9-4-10-25)19-8-7-15-5-2-3-6-18(15)19/h2-3,5-6,11-13,19,25H,4,7-10H2,1H3,(H2,22,26)(H,23,27). The maximum absolute atomic E-state index is 13.0. The smallest absolute Gasteiger partial charge is 0.322 e. The SMILES string of the molecule is Cc1cc(NC(=O)N(CCCO)C2CCc3ccccc32)cc(C(N)=O)c1. The lowest BCUT2D eigenvalue weighted by Gasteiger charge is -2.30. The first kappa shape index (κ1) is 18.9. The fourth-order valence-corrected chi connectivity index (χ4v) is 3.69. The second kappa shape index (κ2) is 8.22. The number of nitrogens with zero attached hydrogens (tertiary/aromatic N) is 1. The van der Waals surface area contributed by atoms with E-state index in [9.17, 15) is 14.7 Å². The van der Waals surface area contributed by atoms with Crippen LogP contribution in [0.1, 0.15) is 45.9 Å². The summed E-state index contributed by atoms with van der Waals surface area (Å²) in [6, 6.07) is 13.0. The summed E-state index contributed by atoms with van der Waals surface area (Å²) in [5, 5.41) is 12.1. The number of nitrogens with one attached hydrogen (secondary N) is 1. The van der Waals surface area contributed by atoms with Crippen molar-refractivity contribution in [3.05, 3.63) is 64.7 Å². The summed E-state index contributed by atoms with van der Waals surface area (Å²) in [5.74, 6) is -0.531. The van der Waals surface area contributed by atoms with Gasteiger partial charge >= 0.3 is 6.03 Å². The minimum absolute atomic E-state index is 0.0202. The van der Waals surface area contributed by atoms with Crippen molar-refractivity contribution in [2.75, 3.05) is 18.5 Å². The molecule has 2 aromatic rings. The highest BCUT2D eigenvalue weighted by atomic mass is 16.3. The summed E-state index contributed by atoms with van der Waals surface area (Å²) in [6.45, 7) is 2.32. The number of carbonyl (C=O) groups is 2. The summed E-state index contributed by atoms with van der Waals surface area (Å²) in [5.41, 5.74) is 9.53. The van der Waals surface area contributed by atoms with E-state index in [1.54, 1.807) is 23.1 Å². The summed E-state index contributed by atoms with van der Waals surface area (Å²) in [7, 11) is 0. The minimum Gasteiger partial charge on any atom is -0.396 e. The van der Waals surface area contributed by atoms with Crippen LogP contribution in [-0.2, 0) is 6.42 Å². The lowest BCUT2D eigenvalue weighted by Crippen LogP contribution is -2.38. The monoisotopic (exact) mass is 367 g/mol. The second-order valence-electron chi connectivity index (χ2n) is 6.91. The highest BCUT2D eigenvalue weighted by molar-refractivity contribution is 5.96. The van der Waals surface area contributed by atoms with Crippen LogP contribution in [0.5, 0.6) is 0 Å². The van der Waals surface area contributed by atoms with Crippen LogP contribution < -0.4 is 11.1 Å². The van der Waals surface area contributed by atoms with Crippen molar-refractivity contribution in [1.29, 1.82) is 0 Å². The molecular weight excluding hydrogens is 342 g/mol. The molecule has 4 N–H and O–H groups in total. The number of urea groups is 1. The second-order valence-corrected chi connectivity index (χ2v) is 6.91. The Bertz CT molecular complexity index is 850. The van der Waals surface area contributed by atoms with Gasteiger partial charge in [0.15, 0.2) is 0 Å². The lowest BCUT2D eigenvalue weighted by molar-refractivity contribution is 0.1000. The molecule has 0 saturated carbocycles. The molecule has 0 aromatic heterocycles. The number of nitrogens with two attached hydrogens (primary N) is 1. The maximum Gasteiger partial charge on any atom is 0.322 e. The Morgan fingerprint density at radius 3 is 2.78 bits per heavy atom. The van der Waals surface area contributed by atoms with Gasteiger partial charge < -0.3 is 21.1 Å². The number of carbonyl (C=O) groups excluding carboxylic acids is 2. The fraction of sp³-hybridized carbons (Fsp3) is 0.333. The summed E-state index contributed by atoms with van der Waals surface area (Å²) < 4.78 is 0. The quantitative estimate of drug-likeness (QED) is 0.732. The highest BCUT2D eigenvalue weighted by Gasteiger charge is 2.30. The van der Waals surface area contributed by atoms with Gasteiger partial charge in [-0.25, -0.2) is 4.79 Å². The number of amides is 3. The molecule has 3 amide bonds. The molecule has 27 heavy (non-hydrogen) atoms. The summed E-state index contributed by atoms with van der Waals surface area (Å²) in [6.07, 6.45) is 2.30. The van der Waals surface area contributed by atoms with Gasteiger partial charge in [-0.15, -0.1) is 0 Å². The van der Waals surface area contributed by atoms with E-state index in [4.69, 9.17) is 5.73 Å². The van der Waals surface area contributed by atoms with E-state index in [2.05, 4.69) is 17.4 Å². The first-order valence-electron chi connectivity index (χ1n) is 9.17. The van der Waals surface area contributed by atoms with Crippen LogP contribution in [0, 0.1) is 6.92 Å². The van der Waals surface area contributed by atoms with Crippen molar-refractivity contribution in [2.45, 2.75) is 32.2 Å². The predicted molar refractivity (Wildman–Crippen MR) is 105 cm³/mol. The van der Waals surface area contributed by atoms with Crippen LogP contribution in [0.3, 0.4) is 0 Å². The molecular formula is C21H25N3O3. The maximum atomic E-state index is 13.0. The zero-order chi connectivity index (χ0) is 19.4. The molecule has 0 spiro atoms. The molecule has 1 aliphatic rings. The predicted octanol–water partition coefficient (Wildman–Crippen LogP) is 3.00.